The normalized spacial score (nSPS) is 10.2. The van der Waals surface area contributed by atoms with E-state index < -0.39 is 0 Å². The number of furan rings is 1. The Kier molecular flexibility index (Phi) is 1.76. The first-order chi connectivity index (χ1) is 6.36. The fraction of sp³-hybridized carbons (Fsp3) is 0.100. The summed E-state index contributed by atoms with van der Waals surface area (Å²) < 4.78 is 5.11. The Balaban J connectivity index is 2.85. The number of fused-ring (bicyclic) bond motifs is 1. The Hall–Kier alpha value is -1.79. The molecular weight excluding hydrogens is 166 g/mol. The molecule has 0 aliphatic rings. The van der Waals surface area contributed by atoms with Gasteiger partial charge in [-0.25, -0.2) is 0 Å². The van der Waals surface area contributed by atoms with Gasteiger partial charge in [0.05, 0.1) is 17.9 Å². The molecule has 0 saturated heterocycles. The van der Waals surface area contributed by atoms with Crippen LogP contribution in [0.4, 0.5) is 0 Å². The van der Waals surface area contributed by atoms with Crippen molar-refractivity contribution >= 4 is 10.8 Å². The molecule has 3 nitrogen and oxygen atoms in total. The molecule has 0 atom stereocenters. The Bertz CT molecular complexity index is 479. The van der Waals surface area contributed by atoms with Crippen molar-refractivity contribution in [3.8, 4) is 6.07 Å². The summed E-state index contributed by atoms with van der Waals surface area (Å²) in [6.45, 7) is -0.178. The molecular formula is C10H7NO2. The largest absolute Gasteiger partial charge is 0.466 e. The van der Waals surface area contributed by atoms with Crippen LogP contribution in [0.15, 0.2) is 28.9 Å². The fourth-order valence-electron chi connectivity index (χ4n) is 1.38. The van der Waals surface area contributed by atoms with Gasteiger partial charge in [-0.05, 0) is 6.07 Å². The summed E-state index contributed by atoms with van der Waals surface area (Å²) in [5, 5.41) is 19.3. The van der Waals surface area contributed by atoms with Crippen LogP contribution >= 0.6 is 0 Å². The highest BCUT2D eigenvalue weighted by molar-refractivity contribution is 5.89. The van der Waals surface area contributed by atoms with Crippen molar-refractivity contribution in [2.45, 2.75) is 6.61 Å². The molecule has 64 valence electrons. The van der Waals surface area contributed by atoms with Gasteiger partial charge in [-0.15, -0.1) is 0 Å². The Morgan fingerprint density at radius 1 is 1.46 bits per heavy atom. The third kappa shape index (κ3) is 1.08. The summed E-state index contributed by atoms with van der Waals surface area (Å²) in [5.74, 6) is 0.451. The van der Waals surface area contributed by atoms with Crippen molar-refractivity contribution in [1.82, 2.24) is 0 Å². The molecule has 1 aromatic heterocycles. The van der Waals surface area contributed by atoms with Crippen LogP contribution in [-0.4, -0.2) is 5.11 Å². The van der Waals surface area contributed by atoms with Gasteiger partial charge < -0.3 is 9.52 Å². The van der Waals surface area contributed by atoms with Crippen molar-refractivity contribution in [3.05, 3.63) is 35.8 Å². The lowest BCUT2D eigenvalue weighted by molar-refractivity contribution is 0.249. The second kappa shape index (κ2) is 2.92. The molecule has 0 aliphatic carbocycles. The van der Waals surface area contributed by atoms with Gasteiger partial charge in [-0.1, -0.05) is 12.1 Å². The van der Waals surface area contributed by atoms with Gasteiger partial charge in [0.1, 0.15) is 12.4 Å². The second-order valence-corrected chi connectivity index (χ2v) is 2.70. The maximum atomic E-state index is 8.94. The van der Waals surface area contributed by atoms with Crippen molar-refractivity contribution in [2.24, 2.45) is 0 Å². The highest BCUT2D eigenvalue weighted by atomic mass is 16.4. The molecule has 2 aromatic rings. The van der Waals surface area contributed by atoms with Crippen molar-refractivity contribution in [1.29, 1.82) is 5.26 Å². The Labute approximate surface area is 74.8 Å². The number of benzene rings is 1. The van der Waals surface area contributed by atoms with Crippen LogP contribution in [-0.2, 0) is 6.61 Å². The summed E-state index contributed by atoms with van der Waals surface area (Å²) in [6.07, 6.45) is 1.54. The topological polar surface area (TPSA) is 57.2 Å². The maximum Gasteiger partial charge on any atom is 0.138 e. The van der Waals surface area contributed by atoms with Gasteiger partial charge >= 0.3 is 0 Å². The molecule has 0 aliphatic heterocycles. The van der Waals surface area contributed by atoms with E-state index in [9.17, 15) is 0 Å². The number of aliphatic hydroxyl groups excluding tert-OH is 1. The fourth-order valence-corrected chi connectivity index (χ4v) is 1.38. The molecule has 0 unspecified atom stereocenters. The molecule has 0 bridgehead atoms. The van der Waals surface area contributed by atoms with Crippen LogP contribution in [0.1, 0.15) is 11.3 Å². The van der Waals surface area contributed by atoms with Gasteiger partial charge in [-0.3, -0.25) is 0 Å². The number of hydrogen-bond acceptors (Lipinski definition) is 3. The first-order valence-corrected chi connectivity index (χ1v) is 3.87. The monoisotopic (exact) mass is 173 g/mol. The van der Waals surface area contributed by atoms with Crippen LogP contribution in [0.3, 0.4) is 0 Å². The minimum atomic E-state index is -0.178. The number of nitrogens with zero attached hydrogens (tertiary/aromatic N) is 1. The summed E-state index contributed by atoms with van der Waals surface area (Å²) in [6, 6.07) is 7.40. The smallest absolute Gasteiger partial charge is 0.138 e. The summed E-state index contributed by atoms with van der Waals surface area (Å²) in [7, 11) is 0. The van der Waals surface area contributed by atoms with E-state index in [1.54, 1.807) is 18.4 Å². The van der Waals surface area contributed by atoms with Crippen molar-refractivity contribution < 1.29 is 9.52 Å². The molecule has 1 N–H and O–H groups in total. The molecule has 2 rings (SSSR count). The molecule has 1 aromatic carbocycles. The minimum absolute atomic E-state index is 0.178. The van der Waals surface area contributed by atoms with E-state index in [0.29, 0.717) is 16.7 Å². The lowest BCUT2D eigenvalue weighted by Gasteiger charge is -1.93. The molecule has 0 spiro atoms. The molecule has 0 saturated carbocycles. The van der Waals surface area contributed by atoms with Gasteiger partial charge in [0, 0.05) is 10.8 Å². The summed E-state index contributed by atoms with van der Waals surface area (Å²) >= 11 is 0. The van der Waals surface area contributed by atoms with Crippen LogP contribution in [0, 0.1) is 11.3 Å². The van der Waals surface area contributed by atoms with Crippen LogP contribution < -0.4 is 0 Å². The van der Waals surface area contributed by atoms with Crippen LogP contribution in [0.25, 0.3) is 10.8 Å². The molecule has 1 heterocycles. The molecule has 0 radical (unpaired) electrons. The molecule has 0 fully saturated rings. The summed E-state index contributed by atoms with van der Waals surface area (Å²) in [4.78, 5) is 0. The second-order valence-electron chi connectivity index (χ2n) is 2.70. The molecule has 13 heavy (non-hydrogen) atoms. The van der Waals surface area contributed by atoms with E-state index >= 15 is 0 Å². The lowest BCUT2D eigenvalue weighted by Crippen LogP contribution is -1.82. The average molecular weight is 173 g/mol. The van der Waals surface area contributed by atoms with Gasteiger partial charge in [0.25, 0.3) is 0 Å². The van der Waals surface area contributed by atoms with E-state index in [2.05, 4.69) is 6.07 Å². The Morgan fingerprint density at radius 2 is 2.31 bits per heavy atom. The minimum Gasteiger partial charge on any atom is -0.466 e. The van der Waals surface area contributed by atoms with Crippen LogP contribution in [0.2, 0.25) is 0 Å². The third-order valence-electron chi connectivity index (χ3n) is 1.97. The molecule has 0 amide bonds. The highest BCUT2D eigenvalue weighted by Gasteiger charge is 2.08. The Morgan fingerprint density at radius 3 is 3.00 bits per heavy atom. The van der Waals surface area contributed by atoms with Gasteiger partial charge in [0.2, 0.25) is 0 Å². The SMILES string of the molecule is N#Cc1cccc2coc(CO)c12. The third-order valence-corrected chi connectivity index (χ3v) is 1.97. The van der Waals surface area contributed by atoms with E-state index in [0.717, 1.165) is 5.39 Å². The standard InChI is InChI=1S/C10H7NO2/c11-4-7-2-1-3-8-6-13-9(5-12)10(7)8/h1-3,6,12H,5H2. The van der Waals surface area contributed by atoms with Gasteiger partial charge in [0.15, 0.2) is 0 Å². The number of aliphatic hydroxyl groups is 1. The zero-order chi connectivity index (χ0) is 9.26. The van der Waals surface area contributed by atoms with Crippen molar-refractivity contribution in [3.63, 3.8) is 0 Å². The van der Waals surface area contributed by atoms with E-state index in [-0.39, 0.29) is 6.61 Å². The number of hydrogen-bond donors (Lipinski definition) is 1. The predicted molar refractivity (Wildman–Crippen MR) is 46.9 cm³/mol. The highest BCUT2D eigenvalue weighted by Crippen LogP contribution is 2.24. The average Bonchev–Trinajstić information content (AvgIpc) is 2.60. The van der Waals surface area contributed by atoms with E-state index in [1.165, 1.54) is 0 Å². The summed E-state index contributed by atoms with van der Waals surface area (Å²) in [5.41, 5.74) is 0.537. The maximum absolute atomic E-state index is 8.94. The first-order valence-electron chi connectivity index (χ1n) is 3.87. The zero-order valence-corrected chi connectivity index (χ0v) is 6.82. The number of rotatable bonds is 1. The molecule has 3 heteroatoms. The van der Waals surface area contributed by atoms with Gasteiger partial charge in [-0.2, -0.15) is 5.26 Å². The first kappa shape index (κ1) is 7.84. The van der Waals surface area contributed by atoms with Crippen molar-refractivity contribution in [2.75, 3.05) is 0 Å². The predicted octanol–water partition coefficient (Wildman–Crippen LogP) is 1.80. The number of nitriles is 1. The lowest BCUT2D eigenvalue weighted by atomic mass is 10.1. The zero-order valence-electron chi connectivity index (χ0n) is 6.82. The van der Waals surface area contributed by atoms with E-state index in [1.807, 2.05) is 6.07 Å². The van der Waals surface area contributed by atoms with E-state index in [4.69, 9.17) is 14.8 Å². The van der Waals surface area contributed by atoms with Crippen LogP contribution in [0.5, 0.6) is 0 Å². The quantitative estimate of drug-likeness (QED) is 0.715.